The van der Waals surface area contributed by atoms with Crippen LogP contribution >= 0.6 is 0 Å². The lowest BCUT2D eigenvalue weighted by Gasteiger charge is -2.20. The van der Waals surface area contributed by atoms with Gasteiger partial charge in [0.05, 0.1) is 19.3 Å². The molecule has 2 unspecified atom stereocenters. The first-order valence-corrected chi connectivity index (χ1v) is 5.56. The van der Waals surface area contributed by atoms with Crippen molar-refractivity contribution >= 4 is 11.9 Å². The SMILES string of the molecule is CC(=O)C(NC(=O)OC1CCOC1)C(C)C. The summed E-state index contributed by atoms with van der Waals surface area (Å²) in [5, 5.41) is 2.58. The second-order valence-corrected chi connectivity index (χ2v) is 4.37. The molecule has 0 aliphatic carbocycles. The molecule has 2 atom stereocenters. The topological polar surface area (TPSA) is 64.6 Å². The highest BCUT2D eigenvalue weighted by Gasteiger charge is 2.24. The summed E-state index contributed by atoms with van der Waals surface area (Å²) in [6.07, 6.45) is 0.00370. The zero-order valence-corrected chi connectivity index (χ0v) is 9.99. The van der Waals surface area contributed by atoms with Gasteiger partial charge in [-0.15, -0.1) is 0 Å². The summed E-state index contributed by atoms with van der Waals surface area (Å²) < 4.78 is 10.2. The number of hydrogen-bond donors (Lipinski definition) is 1. The van der Waals surface area contributed by atoms with E-state index in [9.17, 15) is 9.59 Å². The van der Waals surface area contributed by atoms with Crippen LogP contribution in [0.25, 0.3) is 0 Å². The van der Waals surface area contributed by atoms with E-state index in [1.165, 1.54) is 6.92 Å². The molecule has 0 bridgehead atoms. The van der Waals surface area contributed by atoms with E-state index in [1.807, 2.05) is 13.8 Å². The summed E-state index contributed by atoms with van der Waals surface area (Å²) in [5.41, 5.74) is 0. The quantitative estimate of drug-likeness (QED) is 0.784. The lowest BCUT2D eigenvalue weighted by molar-refractivity contribution is -0.119. The number of amides is 1. The third-order valence-electron chi connectivity index (χ3n) is 2.54. The Morgan fingerprint density at radius 2 is 2.12 bits per heavy atom. The van der Waals surface area contributed by atoms with Crippen LogP contribution in [0, 0.1) is 5.92 Å². The van der Waals surface area contributed by atoms with Crippen molar-refractivity contribution in [2.45, 2.75) is 39.3 Å². The first kappa shape index (κ1) is 13.0. The molecule has 1 heterocycles. The minimum absolute atomic E-state index is 0.0601. The molecule has 1 rings (SSSR count). The fraction of sp³-hybridized carbons (Fsp3) is 0.818. The molecule has 1 amide bonds. The van der Waals surface area contributed by atoms with Gasteiger partial charge in [-0.3, -0.25) is 4.79 Å². The Morgan fingerprint density at radius 1 is 1.44 bits per heavy atom. The molecule has 1 aliphatic heterocycles. The average Bonchev–Trinajstić information content (AvgIpc) is 2.65. The number of rotatable bonds is 4. The minimum Gasteiger partial charge on any atom is -0.444 e. The van der Waals surface area contributed by atoms with Crippen molar-refractivity contribution in [3.63, 3.8) is 0 Å². The fourth-order valence-corrected chi connectivity index (χ4v) is 1.66. The van der Waals surface area contributed by atoms with Crippen LogP contribution < -0.4 is 5.32 Å². The Bertz CT molecular complexity index is 259. The van der Waals surface area contributed by atoms with E-state index in [1.54, 1.807) is 0 Å². The van der Waals surface area contributed by atoms with Crippen LogP contribution in [-0.2, 0) is 14.3 Å². The number of carbonyl (C=O) groups is 2. The zero-order chi connectivity index (χ0) is 12.1. The van der Waals surface area contributed by atoms with E-state index in [0.717, 1.165) is 6.42 Å². The number of hydrogen-bond acceptors (Lipinski definition) is 4. The molecule has 0 aromatic heterocycles. The van der Waals surface area contributed by atoms with Crippen LogP contribution in [0.15, 0.2) is 0 Å². The first-order valence-electron chi connectivity index (χ1n) is 5.56. The van der Waals surface area contributed by atoms with Crippen molar-refractivity contribution in [3.05, 3.63) is 0 Å². The Morgan fingerprint density at radius 3 is 2.56 bits per heavy atom. The van der Waals surface area contributed by atoms with Gasteiger partial charge in [0.1, 0.15) is 6.10 Å². The maximum atomic E-state index is 11.5. The highest BCUT2D eigenvalue weighted by Crippen LogP contribution is 2.09. The van der Waals surface area contributed by atoms with Gasteiger partial charge < -0.3 is 14.8 Å². The van der Waals surface area contributed by atoms with Gasteiger partial charge in [-0.05, 0) is 12.8 Å². The molecule has 1 N–H and O–H groups in total. The van der Waals surface area contributed by atoms with Crippen molar-refractivity contribution in [2.75, 3.05) is 13.2 Å². The molecule has 0 aromatic carbocycles. The van der Waals surface area contributed by atoms with Crippen LogP contribution in [-0.4, -0.2) is 37.2 Å². The molecular weight excluding hydrogens is 210 g/mol. The number of ether oxygens (including phenoxy) is 2. The van der Waals surface area contributed by atoms with Crippen LogP contribution in [0.2, 0.25) is 0 Å². The summed E-state index contributed by atoms with van der Waals surface area (Å²) in [4.78, 5) is 22.7. The Hall–Kier alpha value is -1.10. The monoisotopic (exact) mass is 229 g/mol. The molecule has 5 heteroatoms. The maximum Gasteiger partial charge on any atom is 0.408 e. The second-order valence-electron chi connectivity index (χ2n) is 4.37. The van der Waals surface area contributed by atoms with Gasteiger partial charge in [0.15, 0.2) is 5.78 Å². The second kappa shape index (κ2) is 5.84. The average molecular weight is 229 g/mol. The molecular formula is C11H19NO4. The molecule has 0 aromatic rings. The smallest absolute Gasteiger partial charge is 0.408 e. The lowest BCUT2D eigenvalue weighted by atomic mass is 10.0. The molecule has 1 fully saturated rings. The van der Waals surface area contributed by atoms with Gasteiger partial charge in [0.2, 0.25) is 0 Å². The molecule has 0 spiro atoms. The number of ketones is 1. The third-order valence-corrected chi connectivity index (χ3v) is 2.54. The van der Waals surface area contributed by atoms with Crippen molar-refractivity contribution in [3.8, 4) is 0 Å². The number of nitrogens with one attached hydrogen (secondary N) is 1. The zero-order valence-electron chi connectivity index (χ0n) is 9.99. The van der Waals surface area contributed by atoms with Crippen LogP contribution in [0.3, 0.4) is 0 Å². The predicted octanol–water partition coefficient (Wildman–Crippen LogP) is 1.12. The van der Waals surface area contributed by atoms with Crippen molar-refractivity contribution in [1.82, 2.24) is 5.32 Å². The summed E-state index contributed by atoms with van der Waals surface area (Å²) in [6.45, 7) is 6.29. The van der Waals surface area contributed by atoms with Crippen LogP contribution in [0.5, 0.6) is 0 Å². The van der Waals surface area contributed by atoms with E-state index >= 15 is 0 Å². The van der Waals surface area contributed by atoms with Gasteiger partial charge in [0.25, 0.3) is 0 Å². The van der Waals surface area contributed by atoms with E-state index in [4.69, 9.17) is 9.47 Å². The van der Waals surface area contributed by atoms with Gasteiger partial charge in [0, 0.05) is 6.42 Å². The first-order chi connectivity index (χ1) is 7.50. The Balaban J connectivity index is 2.38. The predicted molar refractivity (Wildman–Crippen MR) is 58.1 cm³/mol. The highest BCUT2D eigenvalue weighted by atomic mass is 16.6. The summed E-state index contributed by atoms with van der Waals surface area (Å²) >= 11 is 0. The highest BCUT2D eigenvalue weighted by molar-refractivity contribution is 5.85. The van der Waals surface area contributed by atoms with Gasteiger partial charge in [-0.1, -0.05) is 13.8 Å². The molecule has 92 valence electrons. The van der Waals surface area contributed by atoms with Crippen LogP contribution in [0.1, 0.15) is 27.2 Å². The van der Waals surface area contributed by atoms with Crippen molar-refractivity contribution < 1.29 is 19.1 Å². The molecule has 16 heavy (non-hydrogen) atoms. The van der Waals surface area contributed by atoms with E-state index in [2.05, 4.69) is 5.32 Å². The van der Waals surface area contributed by atoms with Crippen molar-refractivity contribution in [2.24, 2.45) is 5.92 Å². The van der Waals surface area contributed by atoms with Crippen LogP contribution in [0.4, 0.5) is 4.79 Å². The minimum atomic E-state index is -0.538. The molecule has 1 saturated heterocycles. The number of carbonyl (C=O) groups excluding carboxylic acids is 2. The van der Waals surface area contributed by atoms with E-state index in [-0.39, 0.29) is 17.8 Å². The van der Waals surface area contributed by atoms with Gasteiger partial charge in [-0.2, -0.15) is 0 Å². The summed E-state index contributed by atoms with van der Waals surface area (Å²) in [7, 11) is 0. The third kappa shape index (κ3) is 3.81. The standard InChI is InChI=1S/C11H19NO4/c1-7(2)10(8(3)13)12-11(14)16-9-4-5-15-6-9/h7,9-10H,4-6H2,1-3H3,(H,12,14). The molecule has 0 radical (unpaired) electrons. The summed E-state index contributed by atoms with van der Waals surface area (Å²) in [6, 6.07) is -0.477. The summed E-state index contributed by atoms with van der Waals surface area (Å²) in [5.74, 6) is -0.000463. The Labute approximate surface area is 95.5 Å². The number of alkyl carbamates (subject to hydrolysis) is 1. The normalized spacial score (nSPS) is 21.9. The maximum absolute atomic E-state index is 11.5. The fourth-order valence-electron chi connectivity index (χ4n) is 1.66. The van der Waals surface area contributed by atoms with Gasteiger partial charge in [-0.25, -0.2) is 4.79 Å². The van der Waals surface area contributed by atoms with Gasteiger partial charge >= 0.3 is 6.09 Å². The van der Waals surface area contributed by atoms with E-state index < -0.39 is 12.1 Å². The Kier molecular flexibility index (Phi) is 4.73. The largest absolute Gasteiger partial charge is 0.444 e. The molecule has 0 saturated carbocycles. The van der Waals surface area contributed by atoms with E-state index in [0.29, 0.717) is 13.2 Å². The van der Waals surface area contributed by atoms with Crippen molar-refractivity contribution in [1.29, 1.82) is 0 Å². The lowest BCUT2D eigenvalue weighted by Crippen LogP contribution is -2.44. The molecule has 1 aliphatic rings. The molecule has 5 nitrogen and oxygen atoms in total. The number of Topliss-reactive ketones (excluding diaryl/α,β-unsaturated/α-hetero) is 1.